The molecule has 2 aromatic rings. The standard InChI is InChI=1S/C17H20F2N4O3S/c1-2-22-10-16(20-11-22)27(25,26)23-7-3-4-12(9-23)17(24)21-15-6-5-13(18)8-14(15)19/h5-6,8,10-12H,2-4,7,9H2,1H3,(H,21,24). The van der Waals surface area contributed by atoms with E-state index < -0.39 is 33.5 Å². The Balaban J connectivity index is 1.72. The van der Waals surface area contributed by atoms with Gasteiger partial charge in [0.1, 0.15) is 11.6 Å². The highest BCUT2D eigenvalue weighted by molar-refractivity contribution is 7.89. The van der Waals surface area contributed by atoms with E-state index in [1.54, 1.807) is 4.57 Å². The molecule has 146 valence electrons. The Bertz CT molecular complexity index is 945. The molecule has 0 spiro atoms. The highest BCUT2D eigenvalue weighted by atomic mass is 32.2. The number of carbonyl (C=O) groups excluding carboxylic acids is 1. The summed E-state index contributed by atoms with van der Waals surface area (Å²) in [5.41, 5.74) is -0.136. The predicted molar refractivity (Wildman–Crippen MR) is 94.4 cm³/mol. The number of halogens is 2. The summed E-state index contributed by atoms with van der Waals surface area (Å²) in [6, 6.07) is 2.86. The van der Waals surface area contributed by atoms with Crippen LogP contribution in [-0.4, -0.2) is 41.3 Å². The lowest BCUT2D eigenvalue weighted by Crippen LogP contribution is -2.43. The van der Waals surface area contributed by atoms with Crippen molar-refractivity contribution in [1.82, 2.24) is 13.9 Å². The largest absolute Gasteiger partial charge is 0.336 e. The van der Waals surface area contributed by atoms with E-state index in [1.807, 2.05) is 6.92 Å². The Kier molecular flexibility index (Phi) is 5.56. The first-order valence-corrected chi connectivity index (χ1v) is 10.0. The second kappa shape index (κ2) is 7.73. The van der Waals surface area contributed by atoms with Gasteiger partial charge < -0.3 is 9.88 Å². The summed E-state index contributed by atoms with van der Waals surface area (Å²) in [4.78, 5) is 16.4. The van der Waals surface area contributed by atoms with Gasteiger partial charge >= 0.3 is 0 Å². The van der Waals surface area contributed by atoms with Crippen LogP contribution in [0, 0.1) is 17.6 Å². The van der Waals surface area contributed by atoms with Crippen LogP contribution in [-0.2, 0) is 21.4 Å². The molecule has 1 atom stereocenters. The van der Waals surface area contributed by atoms with Crippen molar-refractivity contribution >= 4 is 21.6 Å². The highest BCUT2D eigenvalue weighted by Crippen LogP contribution is 2.25. The monoisotopic (exact) mass is 398 g/mol. The van der Waals surface area contributed by atoms with Crippen LogP contribution in [0.25, 0.3) is 0 Å². The molecule has 1 saturated heterocycles. The van der Waals surface area contributed by atoms with Crippen LogP contribution in [0.4, 0.5) is 14.5 Å². The molecular weight excluding hydrogens is 378 g/mol. The van der Waals surface area contributed by atoms with Crippen molar-refractivity contribution in [3.63, 3.8) is 0 Å². The Morgan fingerprint density at radius 2 is 2.15 bits per heavy atom. The molecule has 2 heterocycles. The van der Waals surface area contributed by atoms with E-state index in [1.165, 1.54) is 16.8 Å². The van der Waals surface area contributed by atoms with Crippen LogP contribution >= 0.6 is 0 Å². The zero-order chi connectivity index (χ0) is 19.6. The number of hydrogen-bond acceptors (Lipinski definition) is 4. The number of rotatable bonds is 5. The fraction of sp³-hybridized carbons (Fsp3) is 0.412. The number of piperidine rings is 1. The normalized spacial score (nSPS) is 18.4. The first-order chi connectivity index (χ1) is 12.8. The number of aryl methyl sites for hydroxylation is 1. The number of nitrogens with one attached hydrogen (secondary N) is 1. The quantitative estimate of drug-likeness (QED) is 0.837. The number of amides is 1. The molecular formula is C17H20F2N4O3S. The zero-order valence-corrected chi connectivity index (χ0v) is 15.5. The third kappa shape index (κ3) is 4.16. The Labute approximate surface area is 156 Å². The lowest BCUT2D eigenvalue weighted by molar-refractivity contribution is -0.120. The van der Waals surface area contributed by atoms with Crippen LogP contribution in [0.15, 0.2) is 35.7 Å². The van der Waals surface area contributed by atoms with Gasteiger partial charge in [0.25, 0.3) is 10.0 Å². The minimum atomic E-state index is -3.81. The second-order valence-electron chi connectivity index (χ2n) is 6.36. The molecule has 1 amide bonds. The number of hydrogen-bond donors (Lipinski definition) is 1. The molecule has 1 aliphatic rings. The van der Waals surface area contributed by atoms with Gasteiger partial charge in [0, 0.05) is 31.9 Å². The molecule has 1 unspecified atom stereocenters. The number of carbonyl (C=O) groups is 1. The van der Waals surface area contributed by atoms with Gasteiger partial charge in [-0.3, -0.25) is 4.79 Å². The average Bonchev–Trinajstić information content (AvgIpc) is 3.14. The lowest BCUT2D eigenvalue weighted by atomic mass is 9.98. The maximum atomic E-state index is 13.7. The first kappa shape index (κ1) is 19.4. The van der Waals surface area contributed by atoms with Gasteiger partial charge in [-0.1, -0.05) is 0 Å². The topological polar surface area (TPSA) is 84.3 Å². The van der Waals surface area contributed by atoms with Gasteiger partial charge in [-0.2, -0.15) is 4.31 Å². The number of imidazole rings is 1. The van der Waals surface area contributed by atoms with E-state index in [0.29, 0.717) is 25.5 Å². The van der Waals surface area contributed by atoms with Crippen molar-refractivity contribution in [2.75, 3.05) is 18.4 Å². The molecule has 1 fully saturated rings. The summed E-state index contributed by atoms with van der Waals surface area (Å²) in [6.07, 6.45) is 3.87. The molecule has 7 nitrogen and oxygen atoms in total. The third-order valence-corrected chi connectivity index (χ3v) is 6.27. The third-order valence-electron chi connectivity index (χ3n) is 4.52. The van der Waals surface area contributed by atoms with Crippen LogP contribution in [0.3, 0.4) is 0 Å². The van der Waals surface area contributed by atoms with E-state index in [0.717, 1.165) is 12.1 Å². The first-order valence-electron chi connectivity index (χ1n) is 8.59. The fourth-order valence-electron chi connectivity index (χ4n) is 2.98. The van der Waals surface area contributed by atoms with Crippen molar-refractivity contribution in [3.8, 4) is 0 Å². The van der Waals surface area contributed by atoms with Crippen molar-refractivity contribution in [2.45, 2.75) is 31.3 Å². The Morgan fingerprint density at radius 3 is 2.81 bits per heavy atom. The van der Waals surface area contributed by atoms with E-state index in [9.17, 15) is 22.0 Å². The Hall–Kier alpha value is -2.33. The van der Waals surface area contributed by atoms with Crippen LogP contribution in [0.2, 0.25) is 0 Å². The summed E-state index contributed by atoms with van der Waals surface area (Å²) in [6.45, 7) is 2.73. The molecule has 1 aromatic heterocycles. The number of anilines is 1. The van der Waals surface area contributed by atoms with E-state index >= 15 is 0 Å². The van der Waals surface area contributed by atoms with E-state index in [4.69, 9.17) is 0 Å². The Morgan fingerprint density at radius 1 is 1.37 bits per heavy atom. The van der Waals surface area contributed by atoms with Gasteiger partial charge in [0.15, 0.2) is 5.03 Å². The maximum absolute atomic E-state index is 13.7. The maximum Gasteiger partial charge on any atom is 0.262 e. The molecule has 1 aromatic carbocycles. The summed E-state index contributed by atoms with van der Waals surface area (Å²) < 4.78 is 55.1. The van der Waals surface area contributed by atoms with Gasteiger partial charge in [-0.25, -0.2) is 22.2 Å². The summed E-state index contributed by atoms with van der Waals surface area (Å²) in [7, 11) is -3.81. The molecule has 0 bridgehead atoms. The lowest BCUT2D eigenvalue weighted by Gasteiger charge is -2.30. The molecule has 0 saturated carbocycles. The number of sulfonamides is 1. The van der Waals surface area contributed by atoms with Crippen molar-refractivity contribution in [2.24, 2.45) is 5.92 Å². The van der Waals surface area contributed by atoms with Crippen LogP contribution < -0.4 is 5.32 Å². The van der Waals surface area contributed by atoms with Crippen LogP contribution in [0.5, 0.6) is 0 Å². The summed E-state index contributed by atoms with van der Waals surface area (Å²) >= 11 is 0. The zero-order valence-electron chi connectivity index (χ0n) is 14.7. The minimum absolute atomic E-state index is 0.0179. The minimum Gasteiger partial charge on any atom is -0.336 e. The summed E-state index contributed by atoms with van der Waals surface area (Å²) in [5, 5.41) is 2.35. The second-order valence-corrected chi connectivity index (χ2v) is 8.24. The number of aromatic nitrogens is 2. The predicted octanol–water partition coefficient (Wildman–Crippen LogP) is 2.22. The number of nitrogens with zero attached hydrogens (tertiary/aromatic N) is 3. The van der Waals surface area contributed by atoms with E-state index in [-0.39, 0.29) is 23.8 Å². The SMILES string of the molecule is CCn1cnc(S(=O)(=O)N2CCCC(C(=O)Nc3ccc(F)cc3F)C2)c1. The fourth-order valence-corrected chi connectivity index (χ4v) is 4.44. The average molecular weight is 398 g/mol. The van der Waals surface area contributed by atoms with E-state index in [2.05, 4.69) is 10.3 Å². The number of benzene rings is 1. The molecule has 1 aliphatic heterocycles. The van der Waals surface area contributed by atoms with Crippen molar-refractivity contribution < 1.29 is 22.0 Å². The highest BCUT2D eigenvalue weighted by Gasteiger charge is 2.34. The van der Waals surface area contributed by atoms with Gasteiger partial charge in [0.2, 0.25) is 5.91 Å². The van der Waals surface area contributed by atoms with Crippen LogP contribution in [0.1, 0.15) is 19.8 Å². The van der Waals surface area contributed by atoms with Gasteiger partial charge in [0.05, 0.1) is 17.9 Å². The molecule has 27 heavy (non-hydrogen) atoms. The van der Waals surface area contributed by atoms with Crippen molar-refractivity contribution in [1.29, 1.82) is 0 Å². The molecule has 3 rings (SSSR count). The molecule has 10 heteroatoms. The van der Waals surface area contributed by atoms with Crippen molar-refractivity contribution in [3.05, 3.63) is 42.4 Å². The van der Waals surface area contributed by atoms with Gasteiger partial charge in [-0.05, 0) is 31.9 Å². The van der Waals surface area contributed by atoms with Gasteiger partial charge in [-0.15, -0.1) is 0 Å². The molecule has 0 aliphatic carbocycles. The molecule has 0 radical (unpaired) electrons. The smallest absolute Gasteiger partial charge is 0.262 e. The molecule has 1 N–H and O–H groups in total. The summed E-state index contributed by atoms with van der Waals surface area (Å²) in [5.74, 6) is -2.76.